The first-order chi connectivity index (χ1) is 9.99. The lowest BCUT2D eigenvalue weighted by atomic mass is 10.1. The molecule has 21 heavy (non-hydrogen) atoms. The van der Waals surface area contributed by atoms with E-state index in [9.17, 15) is 8.42 Å². The lowest BCUT2D eigenvalue weighted by Crippen LogP contribution is -2.32. The van der Waals surface area contributed by atoms with Gasteiger partial charge in [0, 0.05) is 23.9 Å². The molecule has 0 atom stereocenters. The van der Waals surface area contributed by atoms with Crippen molar-refractivity contribution < 1.29 is 22.6 Å². The summed E-state index contributed by atoms with van der Waals surface area (Å²) in [5, 5.41) is 3.34. The molecule has 118 valence electrons. The molecule has 0 unspecified atom stereocenters. The third kappa shape index (κ3) is 3.72. The van der Waals surface area contributed by atoms with Crippen LogP contribution >= 0.6 is 0 Å². The third-order valence-electron chi connectivity index (χ3n) is 3.59. The molecule has 2 rings (SSSR count). The molecule has 1 saturated heterocycles. The number of rotatable bonds is 5. The van der Waals surface area contributed by atoms with Gasteiger partial charge in [0.15, 0.2) is 11.5 Å². The number of ether oxygens (including phenoxy) is 3. The van der Waals surface area contributed by atoms with Gasteiger partial charge in [-0.25, -0.2) is 8.42 Å². The van der Waals surface area contributed by atoms with Gasteiger partial charge in [0.25, 0.3) is 0 Å². The summed E-state index contributed by atoms with van der Waals surface area (Å²) in [6.07, 6.45) is 1.22. The van der Waals surface area contributed by atoms with Gasteiger partial charge in [0.1, 0.15) is 9.84 Å². The van der Waals surface area contributed by atoms with E-state index in [1.807, 2.05) is 12.1 Å². The number of nitrogens with one attached hydrogen (secondary N) is 1. The van der Waals surface area contributed by atoms with Crippen LogP contribution in [0.5, 0.6) is 17.2 Å². The molecule has 1 aliphatic heterocycles. The highest BCUT2D eigenvalue weighted by atomic mass is 32.2. The van der Waals surface area contributed by atoms with Crippen LogP contribution in [0, 0.1) is 0 Å². The Bertz CT molecular complexity index is 560. The van der Waals surface area contributed by atoms with Gasteiger partial charge >= 0.3 is 0 Å². The summed E-state index contributed by atoms with van der Waals surface area (Å²) in [6.45, 7) is 0. The summed E-state index contributed by atoms with van der Waals surface area (Å²) >= 11 is 0. The topological polar surface area (TPSA) is 73.9 Å². The number of benzene rings is 1. The van der Waals surface area contributed by atoms with Crippen molar-refractivity contribution in [3.05, 3.63) is 12.1 Å². The van der Waals surface area contributed by atoms with Gasteiger partial charge in [-0.15, -0.1) is 0 Å². The Balaban J connectivity index is 2.17. The van der Waals surface area contributed by atoms with Crippen LogP contribution in [0.4, 0.5) is 5.69 Å². The largest absolute Gasteiger partial charge is 0.493 e. The van der Waals surface area contributed by atoms with Gasteiger partial charge in [-0.3, -0.25) is 0 Å². The van der Waals surface area contributed by atoms with Crippen LogP contribution in [0.3, 0.4) is 0 Å². The van der Waals surface area contributed by atoms with Crippen LogP contribution in [0.25, 0.3) is 0 Å². The van der Waals surface area contributed by atoms with Crippen molar-refractivity contribution in [2.24, 2.45) is 0 Å². The zero-order chi connectivity index (χ0) is 15.5. The first-order valence-electron chi connectivity index (χ1n) is 6.76. The minimum atomic E-state index is -2.85. The van der Waals surface area contributed by atoms with Crippen LogP contribution in [0.2, 0.25) is 0 Å². The predicted molar refractivity (Wildman–Crippen MR) is 81.4 cm³/mol. The SMILES string of the molecule is COc1cc(NC2CCS(=O)(=O)CC2)cc(OC)c1OC. The minimum absolute atomic E-state index is 0.135. The van der Waals surface area contributed by atoms with Crippen molar-refractivity contribution >= 4 is 15.5 Å². The summed E-state index contributed by atoms with van der Waals surface area (Å²) in [5.41, 5.74) is 0.828. The van der Waals surface area contributed by atoms with Crippen molar-refractivity contribution in [3.63, 3.8) is 0 Å². The standard InChI is InChI=1S/C14H21NO5S/c1-18-12-8-11(9-13(19-2)14(12)20-3)15-10-4-6-21(16,17)7-5-10/h8-10,15H,4-7H2,1-3H3. The molecule has 0 spiro atoms. The fourth-order valence-corrected chi connectivity index (χ4v) is 3.93. The van der Waals surface area contributed by atoms with Crippen LogP contribution in [-0.2, 0) is 9.84 Å². The van der Waals surface area contributed by atoms with E-state index < -0.39 is 9.84 Å². The van der Waals surface area contributed by atoms with E-state index in [0.29, 0.717) is 30.1 Å². The molecule has 1 aliphatic rings. The van der Waals surface area contributed by atoms with Crippen molar-refractivity contribution in [1.82, 2.24) is 0 Å². The number of methoxy groups -OCH3 is 3. The summed E-state index contributed by atoms with van der Waals surface area (Å²) in [6, 6.07) is 3.78. The van der Waals surface area contributed by atoms with E-state index in [1.54, 1.807) is 21.3 Å². The Morgan fingerprint density at radius 3 is 1.95 bits per heavy atom. The molecule has 1 N–H and O–H groups in total. The molecule has 0 aliphatic carbocycles. The average Bonchev–Trinajstić information content (AvgIpc) is 2.48. The Morgan fingerprint density at radius 1 is 1.00 bits per heavy atom. The maximum absolute atomic E-state index is 11.4. The monoisotopic (exact) mass is 315 g/mol. The molecule has 0 amide bonds. The van der Waals surface area contributed by atoms with Crippen molar-refractivity contribution in [2.45, 2.75) is 18.9 Å². The van der Waals surface area contributed by atoms with E-state index >= 15 is 0 Å². The highest BCUT2D eigenvalue weighted by Crippen LogP contribution is 2.40. The second kappa shape index (κ2) is 6.43. The molecular weight excluding hydrogens is 294 g/mol. The minimum Gasteiger partial charge on any atom is -0.493 e. The summed E-state index contributed by atoms with van der Waals surface area (Å²) in [5.74, 6) is 2.15. The molecule has 0 bridgehead atoms. The van der Waals surface area contributed by atoms with Gasteiger partial charge in [0.05, 0.1) is 32.8 Å². The molecule has 6 nitrogen and oxygen atoms in total. The molecule has 0 aromatic heterocycles. The molecule has 0 saturated carbocycles. The van der Waals surface area contributed by atoms with Gasteiger partial charge in [0.2, 0.25) is 5.75 Å². The van der Waals surface area contributed by atoms with Crippen LogP contribution in [0.1, 0.15) is 12.8 Å². The van der Waals surface area contributed by atoms with Crippen molar-refractivity contribution in [3.8, 4) is 17.2 Å². The van der Waals surface area contributed by atoms with Crippen molar-refractivity contribution in [2.75, 3.05) is 38.2 Å². The average molecular weight is 315 g/mol. The highest BCUT2D eigenvalue weighted by molar-refractivity contribution is 7.91. The van der Waals surface area contributed by atoms with Crippen LogP contribution in [-0.4, -0.2) is 47.3 Å². The zero-order valence-electron chi connectivity index (χ0n) is 12.5. The zero-order valence-corrected chi connectivity index (χ0v) is 13.3. The molecule has 7 heteroatoms. The summed E-state index contributed by atoms with van der Waals surface area (Å²) < 4.78 is 38.8. The quantitative estimate of drug-likeness (QED) is 0.891. The van der Waals surface area contributed by atoms with E-state index in [-0.39, 0.29) is 17.5 Å². The molecule has 1 aromatic carbocycles. The first-order valence-corrected chi connectivity index (χ1v) is 8.58. The van der Waals surface area contributed by atoms with Gasteiger partial charge in [-0.2, -0.15) is 0 Å². The summed E-state index contributed by atoms with van der Waals surface area (Å²) in [4.78, 5) is 0. The number of hydrogen-bond donors (Lipinski definition) is 1. The van der Waals surface area contributed by atoms with Gasteiger partial charge < -0.3 is 19.5 Å². The Labute approximate surface area is 125 Å². The smallest absolute Gasteiger partial charge is 0.203 e. The lowest BCUT2D eigenvalue weighted by molar-refractivity contribution is 0.324. The maximum Gasteiger partial charge on any atom is 0.203 e. The number of hydrogen-bond acceptors (Lipinski definition) is 6. The van der Waals surface area contributed by atoms with E-state index in [1.165, 1.54) is 0 Å². The number of anilines is 1. The fourth-order valence-electron chi connectivity index (χ4n) is 2.43. The molecule has 1 aromatic rings. The second-order valence-corrected chi connectivity index (χ2v) is 7.29. The first kappa shape index (κ1) is 15.8. The lowest BCUT2D eigenvalue weighted by Gasteiger charge is -2.25. The fraction of sp³-hybridized carbons (Fsp3) is 0.571. The van der Waals surface area contributed by atoms with E-state index in [2.05, 4.69) is 5.32 Å². The second-order valence-electron chi connectivity index (χ2n) is 4.98. The Hall–Kier alpha value is -1.63. The Morgan fingerprint density at radius 2 is 1.52 bits per heavy atom. The predicted octanol–water partition coefficient (Wildman–Crippen LogP) is 1.70. The van der Waals surface area contributed by atoms with Crippen molar-refractivity contribution in [1.29, 1.82) is 0 Å². The summed E-state index contributed by atoms with van der Waals surface area (Å²) in [7, 11) is 1.83. The van der Waals surface area contributed by atoms with Gasteiger partial charge in [-0.05, 0) is 12.8 Å². The van der Waals surface area contributed by atoms with E-state index in [4.69, 9.17) is 14.2 Å². The third-order valence-corrected chi connectivity index (χ3v) is 5.31. The molecule has 1 heterocycles. The number of sulfone groups is 1. The van der Waals surface area contributed by atoms with Gasteiger partial charge in [-0.1, -0.05) is 0 Å². The molecule has 0 radical (unpaired) electrons. The molecule has 1 fully saturated rings. The van der Waals surface area contributed by atoms with Crippen LogP contribution in [0.15, 0.2) is 12.1 Å². The Kier molecular flexibility index (Phi) is 4.82. The maximum atomic E-state index is 11.4. The van der Waals surface area contributed by atoms with Crippen LogP contribution < -0.4 is 19.5 Å². The normalized spacial score (nSPS) is 18.0. The molecular formula is C14H21NO5S. The van der Waals surface area contributed by atoms with E-state index in [0.717, 1.165) is 5.69 Å². The highest BCUT2D eigenvalue weighted by Gasteiger charge is 2.24.